The maximum atomic E-state index is 14.2. The number of nitrogens with one attached hydrogen (secondary N) is 1. The third-order valence-corrected chi connectivity index (χ3v) is 3.81. The Morgan fingerprint density at radius 3 is 2.24 bits per heavy atom. The molecule has 0 aliphatic rings. The fourth-order valence-corrected chi connectivity index (χ4v) is 2.40. The van der Waals surface area contributed by atoms with Crippen LogP contribution in [0.3, 0.4) is 0 Å². The third kappa shape index (κ3) is 3.17. The lowest BCUT2D eigenvalue weighted by molar-refractivity contribution is 0.403. The van der Waals surface area contributed by atoms with E-state index in [0.29, 0.717) is 5.02 Å². The summed E-state index contributed by atoms with van der Waals surface area (Å²) in [6, 6.07) is 7.02. The predicted molar refractivity (Wildman–Crippen MR) is 80.0 cm³/mol. The molecule has 0 radical (unpaired) electrons. The van der Waals surface area contributed by atoms with Crippen molar-refractivity contribution in [2.45, 2.75) is 13.0 Å². The van der Waals surface area contributed by atoms with E-state index in [-0.39, 0.29) is 11.3 Å². The van der Waals surface area contributed by atoms with Gasteiger partial charge >= 0.3 is 0 Å². The highest BCUT2D eigenvalue weighted by Gasteiger charge is 2.22. The average molecular weight is 312 g/mol. The molecule has 1 unspecified atom stereocenters. The van der Waals surface area contributed by atoms with E-state index in [1.807, 2.05) is 13.0 Å². The second-order valence-corrected chi connectivity index (χ2v) is 5.14. The SMILES string of the molecule is CNC(c1ccc(Cl)c(C)c1)c1c(F)cc(OC)cc1F. The van der Waals surface area contributed by atoms with E-state index >= 15 is 0 Å². The summed E-state index contributed by atoms with van der Waals surface area (Å²) in [5, 5.41) is 3.55. The minimum Gasteiger partial charge on any atom is -0.497 e. The number of halogens is 3. The lowest BCUT2D eigenvalue weighted by atomic mass is 9.96. The number of methoxy groups -OCH3 is 1. The zero-order valence-corrected chi connectivity index (χ0v) is 12.8. The van der Waals surface area contributed by atoms with Gasteiger partial charge in [0.05, 0.1) is 13.2 Å². The number of hydrogen-bond acceptors (Lipinski definition) is 2. The van der Waals surface area contributed by atoms with Crippen LogP contribution in [0.5, 0.6) is 5.75 Å². The van der Waals surface area contributed by atoms with Gasteiger partial charge in [-0.05, 0) is 31.2 Å². The van der Waals surface area contributed by atoms with Crippen LogP contribution in [-0.4, -0.2) is 14.2 Å². The molecule has 0 amide bonds. The van der Waals surface area contributed by atoms with Crippen molar-refractivity contribution < 1.29 is 13.5 Å². The smallest absolute Gasteiger partial charge is 0.134 e. The van der Waals surface area contributed by atoms with E-state index in [4.69, 9.17) is 16.3 Å². The number of hydrogen-bond donors (Lipinski definition) is 1. The zero-order valence-electron chi connectivity index (χ0n) is 12.0. The minimum atomic E-state index is -0.654. The molecule has 1 N–H and O–H groups in total. The first kappa shape index (κ1) is 15.7. The number of ether oxygens (including phenoxy) is 1. The second-order valence-electron chi connectivity index (χ2n) is 4.74. The van der Waals surface area contributed by atoms with Gasteiger partial charge in [-0.1, -0.05) is 23.7 Å². The van der Waals surface area contributed by atoms with E-state index < -0.39 is 17.7 Å². The summed E-state index contributed by atoms with van der Waals surface area (Å²) < 4.78 is 33.3. The summed E-state index contributed by atoms with van der Waals surface area (Å²) >= 11 is 5.99. The van der Waals surface area contributed by atoms with Crippen LogP contribution in [0.2, 0.25) is 5.02 Å². The molecule has 0 heterocycles. The highest BCUT2D eigenvalue weighted by Crippen LogP contribution is 2.31. The van der Waals surface area contributed by atoms with Gasteiger partial charge in [-0.2, -0.15) is 0 Å². The van der Waals surface area contributed by atoms with Gasteiger partial charge in [0, 0.05) is 22.7 Å². The van der Waals surface area contributed by atoms with Crippen LogP contribution >= 0.6 is 11.6 Å². The van der Waals surface area contributed by atoms with E-state index in [1.165, 1.54) is 19.2 Å². The van der Waals surface area contributed by atoms with Crippen LogP contribution in [0.25, 0.3) is 0 Å². The Balaban J connectivity index is 2.53. The van der Waals surface area contributed by atoms with Crippen LogP contribution in [0, 0.1) is 18.6 Å². The Hall–Kier alpha value is -1.65. The lowest BCUT2D eigenvalue weighted by Gasteiger charge is -2.20. The van der Waals surface area contributed by atoms with Gasteiger partial charge in [-0.15, -0.1) is 0 Å². The summed E-state index contributed by atoms with van der Waals surface area (Å²) in [5.74, 6) is -1.16. The molecule has 0 fully saturated rings. The van der Waals surface area contributed by atoms with Gasteiger partial charge in [0.2, 0.25) is 0 Å². The fraction of sp³-hybridized carbons (Fsp3) is 0.250. The third-order valence-electron chi connectivity index (χ3n) is 3.38. The standard InChI is InChI=1S/C16H16ClF2NO/c1-9-6-10(4-5-12(9)17)16(20-2)15-13(18)7-11(21-3)8-14(15)19/h4-8,16,20H,1-3H3. The summed E-state index contributed by atoms with van der Waals surface area (Å²) in [6.45, 7) is 1.85. The molecular weight excluding hydrogens is 296 g/mol. The lowest BCUT2D eigenvalue weighted by Crippen LogP contribution is -2.20. The summed E-state index contributed by atoms with van der Waals surface area (Å²) in [4.78, 5) is 0. The van der Waals surface area contributed by atoms with Crippen LogP contribution in [0.4, 0.5) is 8.78 Å². The van der Waals surface area contributed by atoms with Gasteiger partial charge in [-0.3, -0.25) is 0 Å². The van der Waals surface area contributed by atoms with Crippen molar-refractivity contribution in [2.24, 2.45) is 0 Å². The second kappa shape index (κ2) is 6.41. The molecule has 2 rings (SSSR count). The quantitative estimate of drug-likeness (QED) is 0.911. The van der Waals surface area contributed by atoms with Gasteiger partial charge < -0.3 is 10.1 Å². The van der Waals surface area contributed by atoms with Crippen molar-refractivity contribution in [1.82, 2.24) is 5.32 Å². The largest absolute Gasteiger partial charge is 0.497 e. The van der Waals surface area contributed by atoms with Gasteiger partial charge in [0.15, 0.2) is 0 Å². The number of aryl methyl sites for hydroxylation is 1. The molecule has 112 valence electrons. The number of benzene rings is 2. The molecular formula is C16H16ClF2NO. The summed E-state index contributed by atoms with van der Waals surface area (Å²) in [7, 11) is 3.02. The topological polar surface area (TPSA) is 21.3 Å². The van der Waals surface area contributed by atoms with Crippen LogP contribution in [0.1, 0.15) is 22.7 Å². The Kier molecular flexibility index (Phi) is 4.80. The molecule has 0 bridgehead atoms. The first-order valence-electron chi connectivity index (χ1n) is 6.44. The Morgan fingerprint density at radius 1 is 1.14 bits per heavy atom. The summed E-state index contributed by atoms with van der Waals surface area (Å²) in [5.41, 5.74) is 1.55. The molecule has 0 aromatic heterocycles. The maximum absolute atomic E-state index is 14.2. The molecule has 0 spiro atoms. The average Bonchev–Trinajstić information content (AvgIpc) is 2.45. The number of rotatable bonds is 4. The van der Waals surface area contributed by atoms with E-state index in [0.717, 1.165) is 11.1 Å². The molecule has 0 saturated carbocycles. The van der Waals surface area contributed by atoms with Crippen LogP contribution in [0.15, 0.2) is 30.3 Å². The van der Waals surface area contributed by atoms with Crippen LogP contribution < -0.4 is 10.1 Å². The predicted octanol–water partition coefficient (Wildman–Crippen LogP) is 4.24. The molecule has 21 heavy (non-hydrogen) atoms. The van der Waals surface area contributed by atoms with Gasteiger partial charge in [0.1, 0.15) is 17.4 Å². The highest BCUT2D eigenvalue weighted by molar-refractivity contribution is 6.31. The molecule has 1 atom stereocenters. The molecule has 0 aliphatic carbocycles. The van der Waals surface area contributed by atoms with Crippen LogP contribution in [-0.2, 0) is 0 Å². The molecule has 2 nitrogen and oxygen atoms in total. The van der Waals surface area contributed by atoms with E-state index in [1.54, 1.807) is 19.2 Å². The van der Waals surface area contributed by atoms with Gasteiger partial charge in [0.25, 0.3) is 0 Å². The minimum absolute atomic E-state index is 0.0416. The molecule has 0 saturated heterocycles. The van der Waals surface area contributed by atoms with E-state index in [9.17, 15) is 8.78 Å². The molecule has 5 heteroatoms. The zero-order chi connectivity index (χ0) is 15.6. The molecule has 2 aromatic carbocycles. The summed E-state index contributed by atoms with van der Waals surface area (Å²) in [6.07, 6.45) is 0. The Morgan fingerprint density at radius 2 is 1.76 bits per heavy atom. The van der Waals surface area contributed by atoms with E-state index in [2.05, 4.69) is 5.32 Å². The Labute approximate surface area is 127 Å². The van der Waals surface area contributed by atoms with Crippen molar-refractivity contribution in [1.29, 1.82) is 0 Å². The van der Waals surface area contributed by atoms with Crippen molar-refractivity contribution in [3.63, 3.8) is 0 Å². The first-order chi connectivity index (χ1) is 9.97. The highest BCUT2D eigenvalue weighted by atomic mass is 35.5. The van der Waals surface area contributed by atoms with Crippen molar-refractivity contribution in [2.75, 3.05) is 14.2 Å². The van der Waals surface area contributed by atoms with Crippen molar-refractivity contribution in [3.8, 4) is 5.75 Å². The normalized spacial score (nSPS) is 12.3. The van der Waals surface area contributed by atoms with Crippen molar-refractivity contribution >= 4 is 11.6 Å². The van der Waals surface area contributed by atoms with Crippen molar-refractivity contribution in [3.05, 3.63) is 63.7 Å². The maximum Gasteiger partial charge on any atom is 0.134 e. The fourth-order valence-electron chi connectivity index (χ4n) is 2.28. The van der Waals surface area contributed by atoms with Gasteiger partial charge in [-0.25, -0.2) is 8.78 Å². The molecule has 2 aromatic rings. The monoisotopic (exact) mass is 311 g/mol. The first-order valence-corrected chi connectivity index (χ1v) is 6.82. The Bertz CT molecular complexity index is 638. The molecule has 0 aliphatic heterocycles.